The van der Waals surface area contributed by atoms with Crippen molar-refractivity contribution in [3.05, 3.63) is 40.8 Å². The van der Waals surface area contributed by atoms with Gasteiger partial charge in [-0.1, -0.05) is 0 Å². The first-order valence-electron chi connectivity index (χ1n) is 4.81. The highest BCUT2D eigenvalue weighted by Gasteiger charge is 2.14. The molecule has 0 saturated heterocycles. The van der Waals surface area contributed by atoms with Crippen molar-refractivity contribution in [2.24, 2.45) is 0 Å². The molecule has 1 N–H and O–H groups in total. The fraction of sp³-hybridized carbons (Fsp3) is 0.0909. The number of aromatic nitrogens is 1. The molecule has 0 aliphatic carbocycles. The van der Waals surface area contributed by atoms with Crippen molar-refractivity contribution in [2.45, 2.75) is 6.92 Å². The molecule has 2 aromatic rings. The van der Waals surface area contributed by atoms with Crippen LogP contribution >= 0.6 is 11.5 Å². The normalized spacial score (nSPS) is 10.2. The monoisotopic (exact) mass is 269 g/mol. The first-order valence-corrected chi connectivity index (χ1v) is 5.58. The van der Waals surface area contributed by atoms with Crippen LogP contribution in [0.2, 0.25) is 0 Å². The Balaban J connectivity index is 2.38. The first-order chi connectivity index (χ1) is 8.52. The zero-order chi connectivity index (χ0) is 13.3. The van der Waals surface area contributed by atoms with E-state index in [1.807, 2.05) is 6.07 Å². The molecule has 0 aliphatic heterocycles. The third-order valence-electron chi connectivity index (χ3n) is 2.22. The highest BCUT2D eigenvalue weighted by atomic mass is 32.1. The van der Waals surface area contributed by atoms with Crippen LogP contribution in [0.15, 0.2) is 12.1 Å². The highest BCUT2D eigenvalue weighted by molar-refractivity contribution is 7.10. The van der Waals surface area contributed by atoms with E-state index in [2.05, 4.69) is 9.69 Å². The number of anilines is 2. The van der Waals surface area contributed by atoms with Gasteiger partial charge in [-0.3, -0.25) is 0 Å². The number of rotatable bonds is 2. The summed E-state index contributed by atoms with van der Waals surface area (Å²) >= 11 is 0.989. The van der Waals surface area contributed by atoms with Crippen molar-refractivity contribution in [1.29, 1.82) is 5.26 Å². The van der Waals surface area contributed by atoms with Crippen LogP contribution in [-0.4, -0.2) is 4.37 Å². The van der Waals surface area contributed by atoms with Gasteiger partial charge in [0.05, 0.1) is 5.69 Å². The van der Waals surface area contributed by atoms with Crippen molar-refractivity contribution in [3.63, 3.8) is 0 Å². The number of aryl methyl sites for hydroxylation is 1. The van der Waals surface area contributed by atoms with E-state index in [1.54, 1.807) is 6.92 Å². The Hall–Kier alpha value is -2.07. The number of nitrogens with one attached hydrogen (secondary N) is 1. The molecule has 2 rings (SSSR count). The molecule has 0 radical (unpaired) electrons. The SMILES string of the molecule is Cc1nsc(Nc2cc(F)c(F)c(F)c2)c1C#N. The van der Waals surface area contributed by atoms with Gasteiger partial charge in [-0.25, -0.2) is 13.2 Å². The van der Waals surface area contributed by atoms with Crippen LogP contribution in [0.3, 0.4) is 0 Å². The standard InChI is InChI=1S/C11H6F3N3S/c1-5-7(4-15)11(18-17-5)16-6-2-8(12)10(14)9(13)3-6/h2-3,16H,1H3. The topological polar surface area (TPSA) is 48.7 Å². The minimum Gasteiger partial charge on any atom is -0.345 e. The smallest absolute Gasteiger partial charge is 0.194 e. The predicted molar refractivity (Wildman–Crippen MR) is 61.2 cm³/mol. The maximum atomic E-state index is 13.0. The highest BCUT2D eigenvalue weighted by Crippen LogP contribution is 2.28. The van der Waals surface area contributed by atoms with Crippen LogP contribution in [0.25, 0.3) is 0 Å². The second-order valence-corrected chi connectivity index (χ2v) is 4.24. The van der Waals surface area contributed by atoms with Crippen LogP contribution in [0.5, 0.6) is 0 Å². The van der Waals surface area contributed by atoms with E-state index in [1.165, 1.54) is 0 Å². The van der Waals surface area contributed by atoms with Crippen molar-refractivity contribution in [1.82, 2.24) is 4.37 Å². The number of hydrogen-bond acceptors (Lipinski definition) is 4. The Kier molecular flexibility index (Phi) is 3.21. The predicted octanol–water partition coefficient (Wildman–Crippen LogP) is 3.48. The lowest BCUT2D eigenvalue weighted by Crippen LogP contribution is -1.96. The zero-order valence-electron chi connectivity index (χ0n) is 9.09. The Morgan fingerprint density at radius 3 is 2.44 bits per heavy atom. The van der Waals surface area contributed by atoms with Crippen LogP contribution in [-0.2, 0) is 0 Å². The summed E-state index contributed by atoms with van der Waals surface area (Å²) in [4.78, 5) is 0. The van der Waals surface area contributed by atoms with Gasteiger partial charge in [0.1, 0.15) is 16.6 Å². The van der Waals surface area contributed by atoms with Crippen molar-refractivity contribution in [3.8, 4) is 6.07 Å². The van der Waals surface area contributed by atoms with E-state index >= 15 is 0 Å². The molecule has 3 nitrogen and oxygen atoms in total. The molecule has 0 unspecified atom stereocenters. The summed E-state index contributed by atoms with van der Waals surface area (Å²) in [6.45, 7) is 1.64. The van der Waals surface area contributed by atoms with Gasteiger partial charge in [0.15, 0.2) is 17.5 Å². The number of hydrogen-bond donors (Lipinski definition) is 1. The average molecular weight is 269 g/mol. The molecule has 0 fully saturated rings. The number of nitriles is 1. The van der Waals surface area contributed by atoms with Gasteiger partial charge in [0.2, 0.25) is 0 Å². The Bertz CT molecular complexity index is 622. The van der Waals surface area contributed by atoms with Gasteiger partial charge < -0.3 is 5.32 Å². The first kappa shape index (κ1) is 12.4. The second kappa shape index (κ2) is 4.66. The Morgan fingerprint density at radius 1 is 1.28 bits per heavy atom. The zero-order valence-corrected chi connectivity index (χ0v) is 9.91. The minimum absolute atomic E-state index is 0.0200. The molecule has 0 bridgehead atoms. The Labute approximate surface area is 105 Å². The van der Waals surface area contributed by atoms with Gasteiger partial charge in [-0.15, -0.1) is 0 Å². The van der Waals surface area contributed by atoms with Crippen LogP contribution in [0, 0.1) is 35.7 Å². The molecule has 7 heteroatoms. The van der Waals surface area contributed by atoms with Crippen molar-refractivity contribution >= 4 is 22.2 Å². The van der Waals surface area contributed by atoms with E-state index in [4.69, 9.17) is 5.26 Å². The van der Waals surface area contributed by atoms with Crippen molar-refractivity contribution in [2.75, 3.05) is 5.32 Å². The van der Waals surface area contributed by atoms with E-state index < -0.39 is 17.5 Å². The van der Waals surface area contributed by atoms with Crippen LogP contribution < -0.4 is 5.32 Å². The van der Waals surface area contributed by atoms with Gasteiger partial charge in [0.25, 0.3) is 0 Å². The molecule has 1 aromatic heterocycles. The molecule has 1 aromatic carbocycles. The molecule has 0 amide bonds. The number of benzene rings is 1. The molecule has 18 heavy (non-hydrogen) atoms. The van der Waals surface area contributed by atoms with E-state index in [0.29, 0.717) is 16.3 Å². The molecule has 1 heterocycles. The van der Waals surface area contributed by atoms with E-state index in [0.717, 1.165) is 23.7 Å². The summed E-state index contributed by atoms with van der Waals surface area (Å²) in [5.41, 5.74) is 0.838. The largest absolute Gasteiger partial charge is 0.345 e. The van der Waals surface area contributed by atoms with Gasteiger partial charge >= 0.3 is 0 Å². The van der Waals surface area contributed by atoms with E-state index in [9.17, 15) is 13.2 Å². The molecule has 0 saturated carbocycles. The van der Waals surface area contributed by atoms with Crippen LogP contribution in [0.4, 0.5) is 23.9 Å². The molecule has 0 atom stereocenters. The summed E-state index contributed by atoms with van der Waals surface area (Å²) in [5, 5.41) is 11.9. The molecule has 0 spiro atoms. The summed E-state index contributed by atoms with van der Waals surface area (Å²) in [5.74, 6) is -4.11. The maximum Gasteiger partial charge on any atom is 0.194 e. The number of nitrogens with zero attached hydrogens (tertiary/aromatic N) is 2. The third kappa shape index (κ3) is 2.15. The summed E-state index contributed by atoms with van der Waals surface area (Å²) in [7, 11) is 0. The quantitative estimate of drug-likeness (QED) is 0.849. The van der Waals surface area contributed by atoms with Crippen molar-refractivity contribution < 1.29 is 13.2 Å². The van der Waals surface area contributed by atoms with Gasteiger partial charge in [-0.2, -0.15) is 9.64 Å². The lowest BCUT2D eigenvalue weighted by Gasteiger charge is -2.05. The van der Waals surface area contributed by atoms with Gasteiger partial charge in [-0.05, 0) is 18.5 Å². The third-order valence-corrected chi connectivity index (χ3v) is 3.07. The summed E-state index contributed by atoms with van der Waals surface area (Å²) in [6, 6.07) is 3.56. The fourth-order valence-corrected chi connectivity index (χ4v) is 2.11. The van der Waals surface area contributed by atoms with Crippen LogP contribution in [0.1, 0.15) is 11.3 Å². The lowest BCUT2D eigenvalue weighted by molar-refractivity contribution is 0.448. The number of halogens is 3. The molecule has 0 aliphatic rings. The summed E-state index contributed by atoms with van der Waals surface area (Å²) in [6.07, 6.45) is 0. The molecule has 92 valence electrons. The fourth-order valence-electron chi connectivity index (χ4n) is 1.35. The molecular weight excluding hydrogens is 263 g/mol. The average Bonchev–Trinajstić information content (AvgIpc) is 2.66. The van der Waals surface area contributed by atoms with E-state index in [-0.39, 0.29) is 5.69 Å². The Morgan fingerprint density at radius 2 is 1.89 bits per heavy atom. The minimum atomic E-state index is -1.53. The van der Waals surface area contributed by atoms with Gasteiger partial charge in [0, 0.05) is 17.8 Å². The molecular formula is C11H6F3N3S. The lowest BCUT2D eigenvalue weighted by atomic mass is 10.2. The second-order valence-electron chi connectivity index (χ2n) is 3.46. The maximum absolute atomic E-state index is 13.0. The summed E-state index contributed by atoms with van der Waals surface area (Å²) < 4.78 is 42.7.